The Labute approximate surface area is 172 Å². The first kappa shape index (κ1) is 19.7. The summed E-state index contributed by atoms with van der Waals surface area (Å²) in [6, 6.07) is 6.59. The molecule has 1 aliphatic rings. The summed E-state index contributed by atoms with van der Waals surface area (Å²) in [5, 5.41) is 13.9. The van der Waals surface area contributed by atoms with Gasteiger partial charge in [0.2, 0.25) is 5.91 Å². The van der Waals surface area contributed by atoms with Gasteiger partial charge in [0.1, 0.15) is 16.6 Å². The molecule has 1 fully saturated rings. The highest BCUT2D eigenvalue weighted by atomic mass is 32.1. The second-order valence-corrected chi connectivity index (χ2v) is 8.42. The fraction of sp³-hybridized carbons (Fsp3) is 0.429. The van der Waals surface area contributed by atoms with E-state index in [2.05, 4.69) is 15.4 Å². The lowest BCUT2D eigenvalue weighted by Gasteiger charge is -2.31. The third-order valence-electron chi connectivity index (χ3n) is 5.44. The van der Waals surface area contributed by atoms with Crippen LogP contribution in [0.15, 0.2) is 28.8 Å². The standard InChI is InChI=1S/C21H23FN4O2S/c1-13-16(14(2)28-25-13)9-10-19(27)26-11-5-6-15(12-26)20-23-24-21(29-20)17-7-3-4-8-18(17)22/h3-4,7-8,15H,5-6,9-12H2,1-2H3. The Morgan fingerprint density at radius 2 is 2.14 bits per heavy atom. The van der Waals surface area contributed by atoms with Crippen molar-refractivity contribution in [2.75, 3.05) is 13.1 Å². The minimum absolute atomic E-state index is 0.133. The van der Waals surface area contributed by atoms with Crippen LogP contribution < -0.4 is 0 Å². The number of hydrogen-bond donors (Lipinski definition) is 0. The van der Waals surface area contributed by atoms with Gasteiger partial charge in [-0.15, -0.1) is 10.2 Å². The molecule has 1 aromatic carbocycles. The molecule has 4 rings (SSSR count). The normalized spacial score (nSPS) is 16.9. The van der Waals surface area contributed by atoms with Gasteiger partial charge in [-0.25, -0.2) is 4.39 Å². The zero-order valence-electron chi connectivity index (χ0n) is 16.5. The number of aryl methyl sites for hydroxylation is 2. The SMILES string of the molecule is Cc1noc(C)c1CCC(=O)N1CCCC(c2nnc(-c3ccccc3F)s2)C1. The summed E-state index contributed by atoms with van der Waals surface area (Å²) in [5.74, 6) is 0.759. The number of halogens is 1. The van der Waals surface area contributed by atoms with Gasteiger partial charge in [-0.1, -0.05) is 28.6 Å². The van der Waals surface area contributed by atoms with E-state index in [1.165, 1.54) is 17.4 Å². The van der Waals surface area contributed by atoms with Crippen molar-refractivity contribution in [3.05, 3.63) is 52.1 Å². The molecular formula is C21H23FN4O2S. The maximum atomic E-state index is 14.0. The van der Waals surface area contributed by atoms with Gasteiger partial charge in [0, 0.05) is 36.6 Å². The third-order valence-corrected chi connectivity index (χ3v) is 6.56. The topological polar surface area (TPSA) is 72.1 Å². The average molecular weight is 415 g/mol. The van der Waals surface area contributed by atoms with Crippen molar-refractivity contribution in [2.45, 2.75) is 45.4 Å². The average Bonchev–Trinajstić information content (AvgIpc) is 3.34. The van der Waals surface area contributed by atoms with Gasteiger partial charge in [0.15, 0.2) is 5.01 Å². The molecule has 0 spiro atoms. The number of amides is 1. The van der Waals surface area contributed by atoms with E-state index in [4.69, 9.17) is 4.52 Å². The molecule has 0 radical (unpaired) electrons. The Morgan fingerprint density at radius 1 is 1.31 bits per heavy atom. The zero-order chi connectivity index (χ0) is 20.4. The first-order chi connectivity index (χ1) is 14.0. The van der Waals surface area contributed by atoms with Crippen molar-refractivity contribution in [3.63, 3.8) is 0 Å². The summed E-state index contributed by atoms with van der Waals surface area (Å²) in [6.45, 7) is 5.16. The second-order valence-electron chi connectivity index (χ2n) is 7.41. The quantitative estimate of drug-likeness (QED) is 0.623. The van der Waals surface area contributed by atoms with Gasteiger partial charge in [0.05, 0.1) is 5.69 Å². The molecule has 0 aliphatic carbocycles. The largest absolute Gasteiger partial charge is 0.361 e. The molecule has 1 aliphatic heterocycles. The third kappa shape index (κ3) is 4.22. The van der Waals surface area contributed by atoms with Crippen molar-refractivity contribution >= 4 is 17.2 Å². The van der Waals surface area contributed by atoms with Gasteiger partial charge in [-0.05, 0) is 45.2 Å². The molecule has 3 aromatic rings. The van der Waals surface area contributed by atoms with E-state index < -0.39 is 0 Å². The van der Waals surface area contributed by atoms with E-state index in [0.29, 0.717) is 30.0 Å². The molecule has 0 saturated carbocycles. The van der Waals surface area contributed by atoms with Crippen LogP contribution in [0.4, 0.5) is 4.39 Å². The van der Waals surface area contributed by atoms with Crippen molar-refractivity contribution < 1.29 is 13.7 Å². The summed E-state index contributed by atoms with van der Waals surface area (Å²) in [6.07, 6.45) is 2.96. The lowest BCUT2D eigenvalue weighted by atomic mass is 9.98. The zero-order valence-corrected chi connectivity index (χ0v) is 17.3. The predicted molar refractivity (Wildman–Crippen MR) is 108 cm³/mol. The molecule has 0 bridgehead atoms. The monoisotopic (exact) mass is 414 g/mol. The second kappa shape index (κ2) is 8.41. The molecule has 2 aromatic heterocycles. The van der Waals surface area contributed by atoms with Crippen LogP contribution >= 0.6 is 11.3 Å². The van der Waals surface area contributed by atoms with Crippen LogP contribution in [0, 0.1) is 19.7 Å². The van der Waals surface area contributed by atoms with Crippen LogP contribution in [0.2, 0.25) is 0 Å². The molecule has 3 heterocycles. The smallest absolute Gasteiger partial charge is 0.222 e. The number of nitrogens with zero attached hydrogens (tertiary/aromatic N) is 4. The molecule has 1 unspecified atom stereocenters. The Kier molecular flexibility index (Phi) is 5.71. The number of piperidine rings is 1. The van der Waals surface area contributed by atoms with Crippen LogP contribution in [0.5, 0.6) is 0 Å². The predicted octanol–water partition coefficient (Wildman–Crippen LogP) is 4.29. The van der Waals surface area contributed by atoms with Crippen molar-refractivity contribution in [2.24, 2.45) is 0 Å². The van der Waals surface area contributed by atoms with Crippen molar-refractivity contribution in [3.8, 4) is 10.6 Å². The lowest BCUT2D eigenvalue weighted by Crippen LogP contribution is -2.39. The molecule has 0 N–H and O–H groups in total. The maximum Gasteiger partial charge on any atom is 0.222 e. The summed E-state index contributed by atoms with van der Waals surface area (Å²) in [7, 11) is 0. The molecule has 6 nitrogen and oxygen atoms in total. The van der Waals surface area contributed by atoms with Gasteiger partial charge >= 0.3 is 0 Å². The fourth-order valence-electron chi connectivity index (χ4n) is 3.80. The molecular weight excluding hydrogens is 391 g/mol. The Balaban J connectivity index is 1.41. The van der Waals surface area contributed by atoms with E-state index in [-0.39, 0.29) is 17.6 Å². The number of rotatable bonds is 5. The first-order valence-corrected chi connectivity index (χ1v) is 10.6. The molecule has 1 atom stereocenters. The maximum absolute atomic E-state index is 14.0. The van der Waals surface area contributed by atoms with Crippen LogP contribution in [0.3, 0.4) is 0 Å². The number of carbonyl (C=O) groups is 1. The minimum Gasteiger partial charge on any atom is -0.361 e. The van der Waals surface area contributed by atoms with Gasteiger partial charge in [-0.2, -0.15) is 0 Å². The summed E-state index contributed by atoms with van der Waals surface area (Å²) in [4.78, 5) is 14.7. The van der Waals surface area contributed by atoms with E-state index >= 15 is 0 Å². The molecule has 29 heavy (non-hydrogen) atoms. The van der Waals surface area contributed by atoms with Gasteiger partial charge in [-0.3, -0.25) is 4.79 Å². The van der Waals surface area contributed by atoms with Crippen LogP contribution in [-0.2, 0) is 11.2 Å². The van der Waals surface area contributed by atoms with Crippen LogP contribution in [0.1, 0.15) is 47.2 Å². The number of carbonyl (C=O) groups excluding carboxylic acids is 1. The van der Waals surface area contributed by atoms with Crippen LogP contribution in [0.25, 0.3) is 10.6 Å². The highest BCUT2D eigenvalue weighted by Crippen LogP contribution is 2.33. The highest BCUT2D eigenvalue weighted by Gasteiger charge is 2.27. The Bertz CT molecular complexity index is 996. The van der Waals surface area contributed by atoms with Gasteiger partial charge in [0.25, 0.3) is 0 Å². The number of hydrogen-bond acceptors (Lipinski definition) is 6. The number of benzene rings is 1. The molecule has 152 valence electrons. The van der Waals surface area contributed by atoms with E-state index in [1.54, 1.807) is 18.2 Å². The fourth-order valence-corrected chi connectivity index (χ4v) is 4.79. The first-order valence-electron chi connectivity index (χ1n) is 9.80. The molecule has 1 amide bonds. The minimum atomic E-state index is -0.296. The lowest BCUT2D eigenvalue weighted by molar-refractivity contribution is -0.132. The van der Waals surface area contributed by atoms with Crippen molar-refractivity contribution in [1.29, 1.82) is 0 Å². The Morgan fingerprint density at radius 3 is 2.90 bits per heavy atom. The van der Waals surface area contributed by atoms with E-state index in [9.17, 15) is 9.18 Å². The Hall–Kier alpha value is -2.61. The molecule has 1 saturated heterocycles. The molecule has 8 heteroatoms. The summed E-state index contributed by atoms with van der Waals surface area (Å²) in [5.41, 5.74) is 2.34. The van der Waals surface area contributed by atoms with Crippen LogP contribution in [-0.4, -0.2) is 39.3 Å². The van der Waals surface area contributed by atoms with E-state index in [0.717, 1.165) is 41.4 Å². The number of aromatic nitrogens is 3. The summed E-state index contributed by atoms with van der Waals surface area (Å²) >= 11 is 1.41. The van der Waals surface area contributed by atoms with E-state index in [1.807, 2.05) is 18.7 Å². The highest BCUT2D eigenvalue weighted by molar-refractivity contribution is 7.14. The summed E-state index contributed by atoms with van der Waals surface area (Å²) < 4.78 is 19.2. The van der Waals surface area contributed by atoms with Crippen molar-refractivity contribution in [1.82, 2.24) is 20.3 Å². The number of likely N-dealkylation sites (tertiary alicyclic amines) is 1. The van der Waals surface area contributed by atoms with Gasteiger partial charge < -0.3 is 9.42 Å².